The van der Waals surface area contributed by atoms with Crippen molar-refractivity contribution in [2.24, 2.45) is 0 Å². The maximum atomic E-state index is 12.1. The minimum atomic E-state index is -0.636. The lowest BCUT2D eigenvalue weighted by Crippen LogP contribution is -2.38. The van der Waals surface area contributed by atoms with E-state index in [0.29, 0.717) is 5.56 Å². The van der Waals surface area contributed by atoms with Crippen molar-refractivity contribution in [2.75, 3.05) is 5.32 Å². The van der Waals surface area contributed by atoms with E-state index in [1.807, 2.05) is 0 Å². The Hall–Kier alpha value is -3.56. The Kier molecular flexibility index (Phi) is 3.33. The molecular formula is C13H9N5O5. The van der Waals surface area contributed by atoms with Crippen molar-refractivity contribution in [1.82, 2.24) is 10.3 Å². The summed E-state index contributed by atoms with van der Waals surface area (Å²) < 4.78 is 0. The van der Waals surface area contributed by atoms with E-state index >= 15 is 0 Å². The molecule has 3 rings (SSSR count). The lowest BCUT2D eigenvalue weighted by Gasteiger charge is -2.26. The van der Waals surface area contributed by atoms with E-state index in [4.69, 9.17) is 0 Å². The molecule has 0 bridgehead atoms. The van der Waals surface area contributed by atoms with Gasteiger partial charge in [0.2, 0.25) is 0 Å². The summed E-state index contributed by atoms with van der Waals surface area (Å²) in [4.78, 5) is 36.2. The van der Waals surface area contributed by atoms with Gasteiger partial charge >= 0.3 is 0 Å². The Balaban J connectivity index is 1.90. The number of rotatable bonds is 3. The van der Waals surface area contributed by atoms with E-state index in [9.17, 15) is 25.0 Å². The minimum Gasteiger partial charge on any atom is -0.346 e. The average molecular weight is 315 g/mol. The first-order chi connectivity index (χ1) is 11.0. The lowest BCUT2D eigenvalue weighted by atomic mass is 10.1. The zero-order valence-electron chi connectivity index (χ0n) is 11.4. The Labute approximate surface area is 128 Å². The Morgan fingerprint density at radius 1 is 1.00 bits per heavy atom. The minimum absolute atomic E-state index is 0.0648. The molecule has 0 saturated heterocycles. The smallest absolute Gasteiger partial charge is 0.288 e. The van der Waals surface area contributed by atoms with Crippen molar-refractivity contribution >= 4 is 23.1 Å². The van der Waals surface area contributed by atoms with Gasteiger partial charge in [-0.1, -0.05) is 0 Å². The van der Waals surface area contributed by atoms with Gasteiger partial charge in [0.25, 0.3) is 17.3 Å². The molecule has 2 aromatic rings. The van der Waals surface area contributed by atoms with E-state index in [1.54, 1.807) is 0 Å². The van der Waals surface area contributed by atoms with E-state index in [-0.39, 0.29) is 22.8 Å². The van der Waals surface area contributed by atoms with Crippen LogP contribution in [0, 0.1) is 20.2 Å². The van der Waals surface area contributed by atoms with Crippen LogP contribution >= 0.6 is 0 Å². The molecule has 2 N–H and O–H groups in total. The SMILES string of the molecule is O=C1NC(c2ccc([N+](=O)[O-])cc2)Nc2ncc([N+](=O)[O-])cc21. The number of hydrogen-bond acceptors (Lipinski definition) is 7. The van der Waals surface area contributed by atoms with Gasteiger partial charge in [0.1, 0.15) is 18.2 Å². The summed E-state index contributed by atoms with van der Waals surface area (Å²) >= 11 is 0. The number of non-ortho nitro benzene ring substituents is 1. The summed E-state index contributed by atoms with van der Waals surface area (Å²) in [7, 11) is 0. The number of fused-ring (bicyclic) bond motifs is 1. The topological polar surface area (TPSA) is 140 Å². The highest BCUT2D eigenvalue weighted by Gasteiger charge is 2.27. The second-order valence-electron chi connectivity index (χ2n) is 4.75. The number of carbonyl (C=O) groups excluding carboxylic acids is 1. The fraction of sp³-hybridized carbons (Fsp3) is 0.0769. The highest BCUT2D eigenvalue weighted by Crippen LogP contribution is 2.28. The third kappa shape index (κ3) is 2.64. The normalized spacial score (nSPS) is 16.0. The molecular weight excluding hydrogens is 306 g/mol. The quantitative estimate of drug-likeness (QED) is 0.649. The predicted molar refractivity (Wildman–Crippen MR) is 77.8 cm³/mol. The molecule has 10 nitrogen and oxygen atoms in total. The number of nitrogens with one attached hydrogen (secondary N) is 2. The van der Waals surface area contributed by atoms with Crippen LogP contribution in [0.1, 0.15) is 22.1 Å². The van der Waals surface area contributed by atoms with Gasteiger partial charge in [-0.15, -0.1) is 0 Å². The first kappa shape index (κ1) is 14.4. The predicted octanol–water partition coefficient (Wildman–Crippen LogP) is 1.75. The molecule has 0 fully saturated rings. The first-order valence-corrected chi connectivity index (χ1v) is 6.42. The zero-order valence-corrected chi connectivity index (χ0v) is 11.4. The second-order valence-corrected chi connectivity index (χ2v) is 4.75. The fourth-order valence-electron chi connectivity index (χ4n) is 2.18. The number of aromatic nitrogens is 1. The number of anilines is 1. The van der Waals surface area contributed by atoms with E-state index in [0.717, 1.165) is 12.3 Å². The van der Waals surface area contributed by atoms with Gasteiger partial charge in [-0.3, -0.25) is 25.0 Å². The summed E-state index contributed by atoms with van der Waals surface area (Å²) in [5.74, 6) is -0.305. The average Bonchev–Trinajstić information content (AvgIpc) is 2.54. The van der Waals surface area contributed by atoms with Gasteiger partial charge in [-0.2, -0.15) is 0 Å². The van der Waals surface area contributed by atoms with Gasteiger partial charge in [-0.05, 0) is 17.7 Å². The molecule has 116 valence electrons. The molecule has 1 aromatic heterocycles. The van der Waals surface area contributed by atoms with Crippen molar-refractivity contribution in [3.63, 3.8) is 0 Å². The summed E-state index contributed by atoms with van der Waals surface area (Å²) in [5.41, 5.74) is 0.312. The summed E-state index contributed by atoms with van der Waals surface area (Å²) in [6.45, 7) is 0. The number of hydrogen-bond donors (Lipinski definition) is 2. The number of amides is 1. The van der Waals surface area contributed by atoms with Gasteiger partial charge in [0.15, 0.2) is 0 Å². The third-order valence-corrected chi connectivity index (χ3v) is 3.32. The summed E-state index contributed by atoms with van der Waals surface area (Å²) in [5, 5.41) is 26.9. The Morgan fingerprint density at radius 3 is 2.26 bits per heavy atom. The summed E-state index contributed by atoms with van der Waals surface area (Å²) in [6.07, 6.45) is 0.418. The maximum Gasteiger partial charge on any atom is 0.288 e. The summed E-state index contributed by atoms with van der Waals surface area (Å²) in [6, 6.07) is 6.79. The lowest BCUT2D eigenvalue weighted by molar-refractivity contribution is -0.385. The maximum absolute atomic E-state index is 12.1. The molecule has 0 saturated carbocycles. The number of nitro groups is 2. The van der Waals surface area contributed by atoms with Crippen LogP contribution in [0.25, 0.3) is 0 Å². The number of nitro benzene ring substituents is 1. The molecule has 23 heavy (non-hydrogen) atoms. The van der Waals surface area contributed by atoms with Crippen LogP contribution < -0.4 is 10.6 Å². The molecule has 1 amide bonds. The largest absolute Gasteiger partial charge is 0.346 e. The van der Waals surface area contributed by atoms with E-state index < -0.39 is 21.9 Å². The van der Waals surface area contributed by atoms with Crippen molar-refractivity contribution in [1.29, 1.82) is 0 Å². The third-order valence-electron chi connectivity index (χ3n) is 3.32. The van der Waals surface area contributed by atoms with Crippen LogP contribution in [0.2, 0.25) is 0 Å². The fourth-order valence-corrected chi connectivity index (χ4v) is 2.18. The van der Waals surface area contributed by atoms with Crippen LogP contribution in [-0.4, -0.2) is 20.7 Å². The Morgan fingerprint density at radius 2 is 1.65 bits per heavy atom. The van der Waals surface area contributed by atoms with Crippen molar-refractivity contribution < 1.29 is 14.6 Å². The molecule has 1 aliphatic heterocycles. The van der Waals surface area contributed by atoms with Crippen molar-refractivity contribution in [3.05, 3.63) is 67.9 Å². The molecule has 1 aliphatic rings. The van der Waals surface area contributed by atoms with Gasteiger partial charge in [0.05, 0.1) is 15.4 Å². The van der Waals surface area contributed by atoms with Crippen molar-refractivity contribution in [2.45, 2.75) is 6.17 Å². The first-order valence-electron chi connectivity index (χ1n) is 6.42. The monoisotopic (exact) mass is 315 g/mol. The number of pyridine rings is 1. The van der Waals surface area contributed by atoms with Crippen LogP contribution in [0.3, 0.4) is 0 Å². The number of benzene rings is 1. The molecule has 2 heterocycles. The van der Waals surface area contributed by atoms with Crippen LogP contribution in [0.4, 0.5) is 17.2 Å². The highest BCUT2D eigenvalue weighted by atomic mass is 16.6. The van der Waals surface area contributed by atoms with Crippen LogP contribution in [-0.2, 0) is 0 Å². The molecule has 0 aliphatic carbocycles. The molecule has 1 aromatic carbocycles. The molecule has 1 unspecified atom stereocenters. The zero-order chi connectivity index (χ0) is 16.6. The molecule has 0 radical (unpaired) electrons. The van der Waals surface area contributed by atoms with E-state index in [1.165, 1.54) is 24.3 Å². The Bertz CT molecular complexity index is 820. The number of nitrogens with zero attached hydrogens (tertiary/aromatic N) is 3. The van der Waals surface area contributed by atoms with Crippen LogP contribution in [0.15, 0.2) is 36.5 Å². The standard InChI is InChI=1S/C13H9N5O5/c19-13-10-5-9(18(22)23)6-14-12(10)15-11(16-13)7-1-3-8(4-2-7)17(20)21/h1-6,11H,(H,14,15)(H,16,19). The van der Waals surface area contributed by atoms with Crippen LogP contribution in [0.5, 0.6) is 0 Å². The molecule has 1 atom stereocenters. The molecule has 0 spiro atoms. The van der Waals surface area contributed by atoms with Gasteiger partial charge in [-0.25, -0.2) is 4.98 Å². The van der Waals surface area contributed by atoms with E-state index in [2.05, 4.69) is 15.6 Å². The molecule has 10 heteroatoms. The number of carbonyl (C=O) groups is 1. The van der Waals surface area contributed by atoms with Gasteiger partial charge in [0, 0.05) is 18.2 Å². The second kappa shape index (κ2) is 5.33. The highest BCUT2D eigenvalue weighted by molar-refractivity contribution is 6.01. The van der Waals surface area contributed by atoms with Gasteiger partial charge < -0.3 is 10.6 Å². The van der Waals surface area contributed by atoms with Crippen molar-refractivity contribution in [3.8, 4) is 0 Å².